The van der Waals surface area contributed by atoms with E-state index in [9.17, 15) is 14.4 Å². The standard InChI is InChI=1S/C19H34N6O3/c1-2-13-10-16(25(11-13)18(28)15-7-3-4-8-22-15)17(27)24-14(12-26)6-5-9-23-19(20)21/h12-16,22H,2-11H2,1H3,(H,24,27)(H4,20,21,23)/t13-,14-,15+,16-/m0/s1. The monoisotopic (exact) mass is 394 g/mol. The van der Waals surface area contributed by atoms with Crippen LogP contribution in [0.5, 0.6) is 0 Å². The number of aliphatic imine (C=N–C) groups is 1. The van der Waals surface area contributed by atoms with E-state index < -0.39 is 12.1 Å². The van der Waals surface area contributed by atoms with Crippen LogP contribution in [-0.2, 0) is 14.4 Å². The Morgan fingerprint density at radius 1 is 1.36 bits per heavy atom. The first-order valence-electron chi connectivity index (χ1n) is 10.3. The van der Waals surface area contributed by atoms with Gasteiger partial charge >= 0.3 is 0 Å². The van der Waals surface area contributed by atoms with E-state index in [-0.39, 0.29) is 23.8 Å². The zero-order chi connectivity index (χ0) is 20.5. The molecule has 28 heavy (non-hydrogen) atoms. The molecule has 2 aliphatic rings. The van der Waals surface area contributed by atoms with E-state index in [0.717, 1.165) is 38.5 Å². The molecule has 0 bridgehead atoms. The van der Waals surface area contributed by atoms with Gasteiger partial charge in [-0.3, -0.25) is 14.6 Å². The third-order valence-electron chi connectivity index (χ3n) is 5.62. The summed E-state index contributed by atoms with van der Waals surface area (Å²) in [5, 5.41) is 6.07. The first kappa shape index (κ1) is 22.1. The van der Waals surface area contributed by atoms with Crippen molar-refractivity contribution in [1.82, 2.24) is 15.5 Å². The lowest BCUT2D eigenvalue weighted by atomic mass is 10.0. The summed E-state index contributed by atoms with van der Waals surface area (Å²) < 4.78 is 0. The first-order valence-corrected chi connectivity index (χ1v) is 10.3. The molecule has 0 saturated carbocycles. The van der Waals surface area contributed by atoms with Gasteiger partial charge in [0.1, 0.15) is 12.3 Å². The molecule has 0 aliphatic carbocycles. The first-order chi connectivity index (χ1) is 13.5. The second kappa shape index (κ2) is 11.0. The van der Waals surface area contributed by atoms with Crippen molar-refractivity contribution >= 4 is 24.1 Å². The third-order valence-corrected chi connectivity index (χ3v) is 5.62. The molecule has 9 nitrogen and oxygen atoms in total. The van der Waals surface area contributed by atoms with Gasteiger partial charge in [-0.25, -0.2) is 0 Å². The van der Waals surface area contributed by atoms with Gasteiger partial charge in [-0.2, -0.15) is 0 Å². The number of piperidine rings is 1. The quantitative estimate of drug-likeness (QED) is 0.180. The van der Waals surface area contributed by atoms with Crippen LogP contribution in [0.3, 0.4) is 0 Å². The van der Waals surface area contributed by atoms with E-state index >= 15 is 0 Å². The minimum atomic E-state index is -0.605. The maximum Gasteiger partial charge on any atom is 0.243 e. The Bertz CT molecular complexity index is 572. The number of hydrogen-bond donors (Lipinski definition) is 4. The summed E-state index contributed by atoms with van der Waals surface area (Å²) in [6, 6.07) is -1.32. The fraction of sp³-hybridized carbons (Fsp3) is 0.789. The number of carbonyl (C=O) groups is 3. The minimum Gasteiger partial charge on any atom is -0.370 e. The lowest BCUT2D eigenvalue weighted by Crippen LogP contribution is -2.54. The van der Waals surface area contributed by atoms with Crippen LogP contribution in [0.4, 0.5) is 0 Å². The topological polar surface area (TPSA) is 143 Å². The van der Waals surface area contributed by atoms with Gasteiger partial charge in [-0.1, -0.05) is 19.8 Å². The Balaban J connectivity index is 1.96. The Labute approximate surface area is 166 Å². The summed E-state index contributed by atoms with van der Waals surface area (Å²) in [5.41, 5.74) is 10.6. The molecule has 0 aromatic rings. The number of carbonyl (C=O) groups excluding carboxylic acids is 3. The Kier molecular flexibility index (Phi) is 8.69. The van der Waals surface area contributed by atoms with Crippen molar-refractivity contribution in [3.63, 3.8) is 0 Å². The maximum absolute atomic E-state index is 13.0. The molecule has 2 saturated heterocycles. The SMILES string of the molecule is CC[C@H]1C[C@@H](C(=O)N[C@H](C=O)CCCN=C(N)N)N(C(=O)[C@H]2CCCCN2)C1. The van der Waals surface area contributed by atoms with E-state index in [1.807, 2.05) is 0 Å². The predicted octanol–water partition coefficient (Wildman–Crippen LogP) is -0.507. The van der Waals surface area contributed by atoms with Crippen LogP contribution in [0, 0.1) is 5.92 Å². The van der Waals surface area contributed by atoms with E-state index in [0.29, 0.717) is 38.3 Å². The number of rotatable bonds is 9. The number of nitrogens with one attached hydrogen (secondary N) is 2. The molecule has 4 atom stereocenters. The van der Waals surface area contributed by atoms with E-state index in [1.54, 1.807) is 4.90 Å². The van der Waals surface area contributed by atoms with Gasteiger partial charge in [-0.05, 0) is 44.6 Å². The van der Waals surface area contributed by atoms with Crippen LogP contribution >= 0.6 is 0 Å². The Hall–Kier alpha value is -2.16. The van der Waals surface area contributed by atoms with Crippen molar-refractivity contribution in [3.8, 4) is 0 Å². The summed E-state index contributed by atoms with van der Waals surface area (Å²) in [6.45, 7) is 3.91. The number of likely N-dealkylation sites (tertiary alicyclic amines) is 1. The highest BCUT2D eigenvalue weighted by Crippen LogP contribution is 2.27. The maximum atomic E-state index is 13.0. The molecule has 2 amide bonds. The second-order valence-corrected chi connectivity index (χ2v) is 7.72. The molecule has 6 N–H and O–H groups in total. The predicted molar refractivity (Wildman–Crippen MR) is 107 cm³/mol. The molecular formula is C19H34N6O3. The summed E-state index contributed by atoms with van der Waals surface area (Å²) in [6.07, 6.45) is 6.23. The Morgan fingerprint density at radius 3 is 2.75 bits per heavy atom. The molecule has 2 heterocycles. The lowest BCUT2D eigenvalue weighted by Gasteiger charge is -2.31. The highest BCUT2D eigenvalue weighted by molar-refractivity contribution is 5.91. The molecule has 0 spiro atoms. The van der Waals surface area contributed by atoms with Crippen molar-refractivity contribution in [1.29, 1.82) is 0 Å². The van der Waals surface area contributed by atoms with Crippen LogP contribution in [0.1, 0.15) is 51.9 Å². The van der Waals surface area contributed by atoms with Crippen molar-refractivity contribution in [2.24, 2.45) is 22.4 Å². The summed E-state index contributed by atoms with van der Waals surface area (Å²) in [5.74, 6) is 0.0684. The van der Waals surface area contributed by atoms with E-state index in [1.165, 1.54) is 0 Å². The molecular weight excluding hydrogens is 360 g/mol. The van der Waals surface area contributed by atoms with Crippen LogP contribution in [0.2, 0.25) is 0 Å². The molecule has 2 fully saturated rings. The van der Waals surface area contributed by atoms with Gasteiger partial charge in [0.05, 0.1) is 12.1 Å². The molecule has 158 valence electrons. The van der Waals surface area contributed by atoms with Crippen molar-refractivity contribution in [2.75, 3.05) is 19.6 Å². The molecule has 0 aromatic carbocycles. The van der Waals surface area contributed by atoms with Gasteiger partial charge in [0.15, 0.2) is 5.96 Å². The number of nitrogens with two attached hydrogens (primary N) is 2. The van der Waals surface area contributed by atoms with Crippen LogP contribution in [0.15, 0.2) is 4.99 Å². The second-order valence-electron chi connectivity index (χ2n) is 7.72. The molecule has 9 heteroatoms. The number of nitrogens with zero attached hydrogens (tertiary/aromatic N) is 2. The number of aldehydes is 1. The largest absolute Gasteiger partial charge is 0.370 e. The highest BCUT2D eigenvalue weighted by Gasteiger charge is 2.41. The smallest absolute Gasteiger partial charge is 0.243 e. The van der Waals surface area contributed by atoms with Gasteiger partial charge < -0.3 is 31.8 Å². The zero-order valence-corrected chi connectivity index (χ0v) is 16.7. The summed E-state index contributed by atoms with van der Waals surface area (Å²) in [7, 11) is 0. The molecule has 0 unspecified atom stereocenters. The van der Waals surface area contributed by atoms with Gasteiger partial charge in [0, 0.05) is 13.1 Å². The normalized spacial score (nSPS) is 25.8. The molecule has 0 aromatic heterocycles. The van der Waals surface area contributed by atoms with E-state index in [2.05, 4.69) is 22.5 Å². The average Bonchev–Trinajstić information content (AvgIpc) is 3.14. The summed E-state index contributed by atoms with van der Waals surface area (Å²) in [4.78, 5) is 42.8. The molecule has 2 rings (SSSR count). The fourth-order valence-corrected chi connectivity index (χ4v) is 3.95. The van der Waals surface area contributed by atoms with Gasteiger partial charge in [0.2, 0.25) is 11.8 Å². The number of guanidine groups is 1. The van der Waals surface area contributed by atoms with Crippen LogP contribution < -0.4 is 22.1 Å². The Morgan fingerprint density at radius 2 is 2.14 bits per heavy atom. The third kappa shape index (κ3) is 6.19. The zero-order valence-electron chi connectivity index (χ0n) is 16.7. The molecule has 0 radical (unpaired) electrons. The van der Waals surface area contributed by atoms with Crippen LogP contribution in [0.25, 0.3) is 0 Å². The minimum absolute atomic E-state index is 0.00575. The molecule has 2 aliphatic heterocycles. The van der Waals surface area contributed by atoms with Gasteiger partial charge in [-0.15, -0.1) is 0 Å². The lowest BCUT2D eigenvalue weighted by molar-refractivity contribution is -0.140. The van der Waals surface area contributed by atoms with E-state index in [4.69, 9.17) is 11.5 Å². The fourth-order valence-electron chi connectivity index (χ4n) is 3.95. The van der Waals surface area contributed by atoms with Crippen molar-refractivity contribution in [2.45, 2.75) is 70.0 Å². The number of hydrogen-bond acceptors (Lipinski definition) is 5. The van der Waals surface area contributed by atoms with Gasteiger partial charge in [0.25, 0.3) is 0 Å². The summed E-state index contributed by atoms with van der Waals surface area (Å²) >= 11 is 0. The average molecular weight is 395 g/mol. The van der Waals surface area contributed by atoms with Crippen molar-refractivity contribution in [3.05, 3.63) is 0 Å². The van der Waals surface area contributed by atoms with Crippen LogP contribution in [-0.4, -0.2) is 66.7 Å². The highest BCUT2D eigenvalue weighted by atomic mass is 16.2. The van der Waals surface area contributed by atoms with Crippen molar-refractivity contribution < 1.29 is 14.4 Å². The number of amides is 2.